The molecule has 0 saturated carbocycles. The van der Waals surface area contributed by atoms with Crippen molar-refractivity contribution in [1.82, 2.24) is 4.98 Å². The predicted octanol–water partition coefficient (Wildman–Crippen LogP) is 1.93. The summed E-state index contributed by atoms with van der Waals surface area (Å²) in [6.45, 7) is 1.85. The van der Waals surface area contributed by atoms with Gasteiger partial charge >= 0.3 is 5.97 Å². The molecule has 0 aromatic carbocycles. The van der Waals surface area contributed by atoms with Crippen molar-refractivity contribution in [3.63, 3.8) is 0 Å². The van der Waals surface area contributed by atoms with Gasteiger partial charge in [-0.25, -0.2) is 4.39 Å². The van der Waals surface area contributed by atoms with Crippen LogP contribution in [-0.4, -0.2) is 11.0 Å². The summed E-state index contributed by atoms with van der Waals surface area (Å²) in [5.74, 6) is -1.10. The molecule has 1 aromatic heterocycles. The lowest BCUT2D eigenvalue weighted by Crippen LogP contribution is -2.08. The van der Waals surface area contributed by atoms with Crippen molar-refractivity contribution in [3.05, 3.63) is 24.3 Å². The third-order valence-corrected chi connectivity index (χ3v) is 1.41. The second-order valence-electron chi connectivity index (χ2n) is 2.53. The van der Waals surface area contributed by atoms with Crippen molar-refractivity contribution in [2.24, 2.45) is 0 Å². The summed E-state index contributed by atoms with van der Waals surface area (Å²) >= 11 is 0. The van der Waals surface area contributed by atoms with Gasteiger partial charge in [0.15, 0.2) is 11.6 Å². The standard InChI is InChI=1S/C9H10FNO2/c1-2-3-9(12)13-8-4-5-11-6-7(8)10/h4-6H,2-3H2,1H3. The smallest absolute Gasteiger partial charge is 0.311 e. The third-order valence-electron chi connectivity index (χ3n) is 1.41. The highest BCUT2D eigenvalue weighted by Crippen LogP contribution is 2.14. The van der Waals surface area contributed by atoms with Crippen LogP contribution in [0.25, 0.3) is 0 Å². The molecule has 0 aliphatic carbocycles. The molecule has 1 heterocycles. The molecule has 0 N–H and O–H groups in total. The van der Waals surface area contributed by atoms with Crippen LogP contribution in [-0.2, 0) is 4.79 Å². The van der Waals surface area contributed by atoms with Crippen molar-refractivity contribution in [1.29, 1.82) is 0 Å². The van der Waals surface area contributed by atoms with Crippen LogP contribution in [0.2, 0.25) is 0 Å². The maximum absolute atomic E-state index is 12.9. The Kier molecular flexibility index (Phi) is 3.37. The van der Waals surface area contributed by atoms with Crippen LogP contribution < -0.4 is 4.74 Å². The number of pyridine rings is 1. The number of carbonyl (C=O) groups is 1. The Morgan fingerprint density at radius 3 is 3.08 bits per heavy atom. The van der Waals surface area contributed by atoms with Gasteiger partial charge in [0.1, 0.15) is 0 Å². The maximum atomic E-state index is 12.9. The minimum absolute atomic E-state index is 0.0616. The second-order valence-corrected chi connectivity index (χ2v) is 2.53. The average molecular weight is 183 g/mol. The van der Waals surface area contributed by atoms with Crippen LogP contribution in [0, 0.1) is 5.82 Å². The number of esters is 1. The molecule has 70 valence electrons. The summed E-state index contributed by atoms with van der Waals surface area (Å²) in [4.78, 5) is 14.5. The van der Waals surface area contributed by atoms with Crippen LogP contribution in [0.3, 0.4) is 0 Å². The summed E-state index contributed by atoms with van der Waals surface area (Å²) in [6.07, 6.45) is 3.36. The molecule has 0 unspecified atom stereocenters. The van der Waals surface area contributed by atoms with Crippen LogP contribution >= 0.6 is 0 Å². The van der Waals surface area contributed by atoms with Crippen molar-refractivity contribution >= 4 is 5.97 Å². The first-order chi connectivity index (χ1) is 6.24. The lowest BCUT2D eigenvalue weighted by atomic mass is 10.3. The van der Waals surface area contributed by atoms with E-state index in [-0.39, 0.29) is 5.75 Å². The molecule has 0 spiro atoms. The molecule has 0 radical (unpaired) electrons. The molecule has 0 saturated heterocycles. The maximum Gasteiger partial charge on any atom is 0.311 e. The molecule has 0 amide bonds. The van der Waals surface area contributed by atoms with E-state index in [0.717, 1.165) is 6.20 Å². The van der Waals surface area contributed by atoms with Crippen molar-refractivity contribution < 1.29 is 13.9 Å². The van der Waals surface area contributed by atoms with E-state index < -0.39 is 11.8 Å². The number of halogens is 1. The summed E-state index contributed by atoms with van der Waals surface area (Å²) in [5.41, 5.74) is 0. The zero-order chi connectivity index (χ0) is 9.68. The van der Waals surface area contributed by atoms with Gasteiger partial charge in [-0.2, -0.15) is 0 Å². The highest BCUT2D eigenvalue weighted by atomic mass is 19.1. The number of hydrogen-bond acceptors (Lipinski definition) is 3. The SMILES string of the molecule is CCCC(=O)Oc1ccncc1F. The predicted molar refractivity (Wildman–Crippen MR) is 44.7 cm³/mol. The second kappa shape index (κ2) is 4.54. The number of hydrogen-bond donors (Lipinski definition) is 0. The molecule has 1 aromatic rings. The summed E-state index contributed by atoms with van der Waals surface area (Å²) in [7, 11) is 0. The van der Waals surface area contributed by atoms with E-state index in [1.807, 2.05) is 6.92 Å². The molecule has 13 heavy (non-hydrogen) atoms. The lowest BCUT2D eigenvalue weighted by Gasteiger charge is -2.02. The molecule has 0 atom stereocenters. The van der Waals surface area contributed by atoms with E-state index in [4.69, 9.17) is 4.74 Å². The van der Waals surface area contributed by atoms with E-state index in [9.17, 15) is 9.18 Å². The normalized spacial score (nSPS) is 9.69. The van der Waals surface area contributed by atoms with Crippen LogP contribution in [0.4, 0.5) is 4.39 Å². The Morgan fingerprint density at radius 1 is 1.69 bits per heavy atom. The first-order valence-corrected chi connectivity index (χ1v) is 4.04. The fourth-order valence-electron chi connectivity index (χ4n) is 0.823. The number of nitrogens with zero attached hydrogens (tertiary/aromatic N) is 1. The number of aromatic nitrogens is 1. The Morgan fingerprint density at radius 2 is 2.46 bits per heavy atom. The molecule has 3 nitrogen and oxygen atoms in total. The molecule has 4 heteroatoms. The van der Waals surface area contributed by atoms with Gasteiger partial charge in [0, 0.05) is 18.7 Å². The Balaban J connectivity index is 2.63. The van der Waals surface area contributed by atoms with Crippen molar-refractivity contribution in [2.45, 2.75) is 19.8 Å². The highest BCUT2D eigenvalue weighted by molar-refractivity contribution is 5.72. The Labute approximate surface area is 75.6 Å². The first kappa shape index (κ1) is 9.64. The van der Waals surface area contributed by atoms with Gasteiger partial charge in [-0.1, -0.05) is 6.92 Å². The van der Waals surface area contributed by atoms with Gasteiger partial charge in [-0.3, -0.25) is 9.78 Å². The number of carbonyl (C=O) groups excluding carboxylic acids is 1. The van der Waals surface area contributed by atoms with E-state index in [1.165, 1.54) is 12.3 Å². The quantitative estimate of drug-likeness (QED) is 0.672. The number of ether oxygens (including phenoxy) is 1. The molecule has 1 rings (SSSR count). The Bertz CT molecular complexity index is 301. The van der Waals surface area contributed by atoms with E-state index in [0.29, 0.717) is 12.8 Å². The topological polar surface area (TPSA) is 39.2 Å². The lowest BCUT2D eigenvalue weighted by molar-refractivity contribution is -0.134. The van der Waals surface area contributed by atoms with Gasteiger partial charge in [0.2, 0.25) is 0 Å². The van der Waals surface area contributed by atoms with Crippen LogP contribution in [0.15, 0.2) is 18.5 Å². The average Bonchev–Trinajstić information content (AvgIpc) is 2.09. The minimum atomic E-state index is -0.619. The summed E-state index contributed by atoms with van der Waals surface area (Å²) in [5, 5.41) is 0. The minimum Gasteiger partial charge on any atom is -0.423 e. The van der Waals surface area contributed by atoms with Crippen LogP contribution in [0.5, 0.6) is 5.75 Å². The van der Waals surface area contributed by atoms with E-state index in [1.54, 1.807) is 0 Å². The molecule has 0 aliphatic heterocycles. The fourth-order valence-corrected chi connectivity index (χ4v) is 0.823. The van der Waals surface area contributed by atoms with Crippen LogP contribution in [0.1, 0.15) is 19.8 Å². The molecule has 0 fully saturated rings. The monoisotopic (exact) mass is 183 g/mol. The summed E-state index contributed by atoms with van der Waals surface area (Å²) < 4.78 is 17.6. The molecule has 0 bridgehead atoms. The van der Waals surface area contributed by atoms with Gasteiger partial charge in [-0.05, 0) is 6.42 Å². The van der Waals surface area contributed by atoms with Gasteiger partial charge in [0.05, 0.1) is 6.20 Å². The fraction of sp³-hybridized carbons (Fsp3) is 0.333. The molecule has 0 aliphatic rings. The van der Waals surface area contributed by atoms with E-state index >= 15 is 0 Å². The zero-order valence-electron chi connectivity index (χ0n) is 7.29. The zero-order valence-corrected chi connectivity index (χ0v) is 7.29. The van der Waals surface area contributed by atoms with E-state index in [2.05, 4.69) is 4.98 Å². The molecular weight excluding hydrogens is 173 g/mol. The first-order valence-electron chi connectivity index (χ1n) is 4.04. The summed E-state index contributed by atoms with van der Waals surface area (Å²) in [6, 6.07) is 1.32. The highest BCUT2D eigenvalue weighted by Gasteiger charge is 2.07. The third kappa shape index (κ3) is 2.82. The molecular formula is C9H10FNO2. The van der Waals surface area contributed by atoms with Gasteiger partial charge in [0.25, 0.3) is 0 Å². The Hall–Kier alpha value is -1.45. The van der Waals surface area contributed by atoms with Crippen molar-refractivity contribution in [3.8, 4) is 5.75 Å². The number of rotatable bonds is 3. The largest absolute Gasteiger partial charge is 0.423 e. The van der Waals surface area contributed by atoms with Crippen molar-refractivity contribution in [2.75, 3.05) is 0 Å². The van der Waals surface area contributed by atoms with Gasteiger partial charge in [-0.15, -0.1) is 0 Å². The van der Waals surface area contributed by atoms with Gasteiger partial charge < -0.3 is 4.74 Å².